The monoisotopic (exact) mass is 152 g/mol. The minimum absolute atomic E-state index is 0.192. The first-order chi connectivity index (χ1) is 5.23. The Balaban J connectivity index is 2.06. The number of ketones is 1. The van der Waals surface area contributed by atoms with Gasteiger partial charge >= 0.3 is 0 Å². The van der Waals surface area contributed by atoms with Gasteiger partial charge in [0.2, 0.25) is 0 Å². The number of Topliss-reactive ketones (excluding diaryl/α,β-unsaturated/α-hetero) is 1. The molecule has 0 unspecified atom stereocenters. The molecule has 0 aliphatic heterocycles. The van der Waals surface area contributed by atoms with Crippen LogP contribution < -0.4 is 0 Å². The fourth-order valence-corrected chi connectivity index (χ4v) is 2.86. The van der Waals surface area contributed by atoms with E-state index in [2.05, 4.69) is 6.92 Å². The zero-order chi connectivity index (χ0) is 7.90. The fourth-order valence-electron chi connectivity index (χ4n) is 2.86. The third-order valence-electron chi connectivity index (χ3n) is 3.38. The lowest BCUT2D eigenvalue weighted by molar-refractivity contribution is -0.140. The minimum Gasteiger partial charge on any atom is -0.299 e. The summed E-state index contributed by atoms with van der Waals surface area (Å²) in [4.78, 5) is 11.5. The molecule has 1 spiro atoms. The van der Waals surface area contributed by atoms with Crippen molar-refractivity contribution in [3.8, 4) is 0 Å². The highest BCUT2D eigenvalue weighted by atomic mass is 16.1. The largest absolute Gasteiger partial charge is 0.299 e. The van der Waals surface area contributed by atoms with Gasteiger partial charge in [-0.25, -0.2) is 0 Å². The molecule has 0 aromatic rings. The summed E-state index contributed by atoms with van der Waals surface area (Å²) < 4.78 is 0. The van der Waals surface area contributed by atoms with Gasteiger partial charge in [0.15, 0.2) is 0 Å². The summed E-state index contributed by atoms with van der Waals surface area (Å²) >= 11 is 0. The summed E-state index contributed by atoms with van der Waals surface area (Å²) in [6.45, 7) is 2.26. The Morgan fingerprint density at radius 2 is 2.09 bits per heavy atom. The third kappa shape index (κ3) is 1.02. The van der Waals surface area contributed by atoms with Crippen molar-refractivity contribution in [2.24, 2.45) is 11.3 Å². The van der Waals surface area contributed by atoms with E-state index in [-0.39, 0.29) is 5.41 Å². The van der Waals surface area contributed by atoms with E-state index in [1.165, 1.54) is 25.7 Å². The Morgan fingerprint density at radius 1 is 1.36 bits per heavy atom. The van der Waals surface area contributed by atoms with Crippen molar-refractivity contribution in [3.63, 3.8) is 0 Å². The highest BCUT2D eigenvalue weighted by molar-refractivity contribution is 5.86. The third-order valence-corrected chi connectivity index (χ3v) is 3.38. The van der Waals surface area contributed by atoms with Crippen LogP contribution in [-0.2, 0) is 4.79 Å². The summed E-state index contributed by atoms with van der Waals surface area (Å²) in [6.07, 6.45) is 6.87. The zero-order valence-electron chi connectivity index (χ0n) is 7.23. The molecular weight excluding hydrogens is 136 g/mol. The second-order valence-electron chi connectivity index (χ2n) is 4.42. The summed E-state index contributed by atoms with van der Waals surface area (Å²) in [5.74, 6) is 1.39. The van der Waals surface area contributed by atoms with Gasteiger partial charge < -0.3 is 0 Å². The predicted molar refractivity (Wildman–Crippen MR) is 44.3 cm³/mol. The van der Waals surface area contributed by atoms with Crippen molar-refractivity contribution >= 4 is 5.78 Å². The zero-order valence-corrected chi connectivity index (χ0v) is 7.23. The van der Waals surface area contributed by atoms with E-state index in [4.69, 9.17) is 0 Å². The predicted octanol–water partition coefficient (Wildman–Crippen LogP) is 2.55. The SMILES string of the molecule is CC1CC2(CCCCC2=O)C1. The molecule has 0 N–H and O–H groups in total. The van der Waals surface area contributed by atoms with Gasteiger partial charge in [-0.1, -0.05) is 13.3 Å². The fraction of sp³-hybridized carbons (Fsp3) is 0.900. The standard InChI is InChI=1S/C10H16O/c1-8-6-10(7-8)5-3-2-4-9(10)11/h8H,2-7H2,1H3. The van der Waals surface area contributed by atoms with Gasteiger partial charge in [-0.3, -0.25) is 4.79 Å². The molecule has 0 heterocycles. The van der Waals surface area contributed by atoms with Crippen molar-refractivity contribution in [1.29, 1.82) is 0 Å². The second kappa shape index (κ2) is 2.33. The average Bonchev–Trinajstić information content (AvgIpc) is 1.92. The molecule has 11 heavy (non-hydrogen) atoms. The summed E-state index contributed by atoms with van der Waals surface area (Å²) in [5, 5.41) is 0. The van der Waals surface area contributed by atoms with Crippen LogP contribution in [0.25, 0.3) is 0 Å². The first kappa shape index (κ1) is 7.33. The van der Waals surface area contributed by atoms with E-state index >= 15 is 0 Å². The van der Waals surface area contributed by atoms with E-state index < -0.39 is 0 Å². The Bertz CT molecular complexity index is 172. The van der Waals surface area contributed by atoms with Crippen molar-refractivity contribution < 1.29 is 4.79 Å². The molecular formula is C10H16O. The minimum atomic E-state index is 0.192. The Morgan fingerprint density at radius 3 is 2.64 bits per heavy atom. The number of rotatable bonds is 0. The van der Waals surface area contributed by atoms with Gasteiger partial charge in [-0.05, 0) is 31.6 Å². The number of hydrogen-bond acceptors (Lipinski definition) is 1. The maximum Gasteiger partial charge on any atom is 0.139 e. The molecule has 0 amide bonds. The summed E-state index contributed by atoms with van der Waals surface area (Å²) in [7, 11) is 0. The van der Waals surface area contributed by atoms with E-state index in [1.54, 1.807) is 0 Å². The van der Waals surface area contributed by atoms with Crippen LogP contribution in [-0.4, -0.2) is 5.78 Å². The van der Waals surface area contributed by atoms with Gasteiger partial charge in [0.25, 0.3) is 0 Å². The Hall–Kier alpha value is -0.330. The molecule has 0 atom stereocenters. The summed E-state index contributed by atoms with van der Waals surface area (Å²) in [5.41, 5.74) is 0.192. The molecule has 1 nitrogen and oxygen atoms in total. The van der Waals surface area contributed by atoms with E-state index in [9.17, 15) is 4.79 Å². The number of carbonyl (C=O) groups excluding carboxylic acids is 1. The van der Waals surface area contributed by atoms with Gasteiger partial charge in [-0.2, -0.15) is 0 Å². The molecule has 0 bridgehead atoms. The van der Waals surface area contributed by atoms with Crippen LogP contribution in [0.1, 0.15) is 45.4 Å². The highest BCUT2D eigenvalue weighted by Crippen LogP contribution is 2.52. The van der Waals surface area contributed by atoms with Crippen LogP contribution in [0.2, 0.25) is 0 Å². The van der Waals surface area contributed by atoms with Crippen LogP contribution in [0.15, 0.2) is 0 Å². The number of hydrogen-bond donors (Lipinski definition) is 0. The molecule has 2 saturated carbocycles. The highest BCUT2D eigenvalue weighted by Gasteiger charge is 2.48. The van der Waals surface area contributed by atoms with Crippen molar-refractivity contribution in [1.82, 2.24) is 0 Å². The molecule has 0 aromatic heterocycles. The molecule has 2 aliphatic rings. The Labute approximate surface area is 68.2 Å². The van der Waals surface area contributed by atoms with Crippen molar-refractivity contribution in [2.75, 3.05) is 0 Å². The molecule has 2 rings (SSSR count). The lowest BCUT2D eigenvalue weighted by Gasteiger charge is -2.47. The molecule has 2 fully saturated rings. The topological polar surface area (TPSA) is 17.1 Å². The maximum absolute atomic E-state index is 11.5. The van der Waals surface area contributed by atoms with Crippen molar-refractivity contribution in [3.05, 3.63) is 0 Å². The van der Waals surface area contributed by atoms with Crippen LogP contribution in [0.3, 0.4) is 0 Å². The molecule has 0 aromatic carbocycles. The lowest BCUT2D eigenvalue weighted by Crippen LogP contribution is -2.44. The molecule has 2 aliphatic carbocycles. The average molecular weight is 152 g/mol. The smallest absolute Gasteiger partial charge is 0.139 e. The molecule has 0 saturated heterocycles. The number of carbonyl (C=O) groups is 1. The maximum atomic E-state index is 11.5. The van der Waals surface area contributed by atoms with Crippen LogP contribution in [0.5, 0.6) is 0 Å². The van der Waals surface area contributed by atoms with Crippen molar-refractivity contribution in [2.45, 2.75) is 45.4 Å². The van der Waals surface area contributed by atoms with Gasteiger partial charge in [0.05, 0.1) is 0 Å². The van der Waals surface area contributed by atoms with E-state index in [0.29, 0.717) is 5.78 Å². The van der Waals surface area contributed by atoms with Gasteiger partial charge in [-0.15, -0.1) is 0 Å². The van der Waals surface area contributed by atoms with E-state index in [0.717, 1.165) is 18.8 Å². The van der Waals surface area contributed by atoms with Gasteiger partial charge in [0.1, 0.15) is 5.78 Å². The van der Waals surface area contributed by atoms with Crippen LogP contribution in [0, 0.1) is 11.3 Å². The Kier molecular flexibility index (Phi) is 1.55. The lowest BCUT2D eigenvalue weighted by atomic mass is 9.56. The normalized spacial score (nSPS) is 44.1. The van der Waals surface area contributed by atoms with Crippen LogP contribution in [0.4, 0.5) is 0 Å². The first-order valence-electron chi connectivity index (χ1n) is 4.76. The first-order valence-corrected chi connectivity index (χ1v) is 4.76. The second-order valence-corrected chi connectivity index (χ2v) is 4.42. The summed E-state index contributed by atoms with van der Waals surface area (Å²) in [6, 6.07) is 0. The van der Waals surface area contributed by atoms with Crippen LogP contribution >= 0.6 is 0 Å². The van der Waals surface area contributed by atoms with Gasteiger partial charge in [0, 0.05) is 11.8 Å². The molecule has 62 valence electrons. The van der Waals surface area contributed by atoms with E-state index in [1.807, 2.05) is 0 Å². The molecule has 1 heteroatoms. The quantitative estimate of drug-likeness (QED) is 0.521. The molecule has 0 radical (unpaired) electrons.